The van der Waals surface area contributed by atoms with E-state index >= 15 is 0 Å². The lowest BCUT2D eigenvalue weighted by Gasteiger charge is -2.16. The smallest absolute Gasteiger partial charge is 0.125 e. The molecule has 0 fully saturated rings. The normalized spacial score (nSPS) is 12.0. The van der Waals surface area contributed by atoms with Gasteiger partial charge in [-0.1, -0.05) is 6.07 Å². The lowest BCUT2D eigenvalue weighted by atomic mass is 10.00. The van der Waals surface area contributed by atoms with Gasteiger partial charge in [-0.25, -0.2) is 0 Å². The molecule has 0 aliphatic rings. The van der Waals surface area contributed by atoms with Gasteiger partial charge in [-0.3, -0.25) is 4.98 Å². The first kappa shape index (κ1) is 15.8. The molecule has 4 nitrogen and oxygen atoms in total. The van der Waals surface area contributed by atoms with Crippen molar-refractivity contribution in [2.75, 3.05) is 14.2 Å². The number of rotatable bonds is 5. The van der Waals surface area contributed by atoms with Crippen molar-refractivity contribution in [3.63, 3.8) is 0 Å². The third kappa shape index (κ3) is 3.74. The zero-order chi connectivity index (χ0) is 15.4. The van der Waals surface area contributed by atoms with Crippen molar-refractivity contribution in [1.82, 2.24) is 4.98 Å². The molecule has 5 heteroatoms. The van der Waals surface area contributed by atoms with Gasteiger partial charge in [0.1, 0.15) is 11.5 Å². The van der Waals surface area contributed by atoms with Gasteiger partial charge in [0, 0.05) is 16.7 Å². The largest absolute Gasteiger partial charge is 0.497 e. The summed E-state index contributed by atoms with van der Waals surface area (Å²) in [6, 6.07) is 7.59. The summed E-state index contributed by atoms with van der Waals surface area (Å²) in [6.45, 7) is 2.01. The molecule has 21 heavy (non-hydrogen) atoms. The second kappa shape index (κ2) is 6.91. The predicted molar refractivity (Wildman–Crippen MR) is 86.9 cm³/mol. The maximum Gasteiger partial charge on any atom is 0.125 e. The molecular formula is C16H19BrN2O2. The summed E-state index contributed by atoms with van der Waals surface area (Å²) in [4.78, 5) is 4.43. The highest BCUT2D eigenvalue weighted by atomic mass is 79.9. The molecule has 1 unspecified atom stereocenters. The van der Waals surface area contributed by atoms with Crippen LogP contribution in [0.3, 0.4) is 0 Å². The summed E-state index contributed by atoms with van der Waals surface area (Å²) < 4.78 is 11.6. The minimum absolute atomic E-state index is 0.180. The standard InChI is InChI=1S/C16H19BrN2O2/c1-10-6-12(17)9-19-16(10)14(18)7-11-4-5-13(20-2)8-15(11)21-3/h4-6,8-9,14H,7,18H2,1-3H3. The van der Waals surface area contributed by atoms with E-state index in [1.807, 2.05) is 31.2 Å². The third-order valence-corrected chi connectivity index (χ3v) is 3.80. The van der Waals surface area contributed by atoms with Crippen LogP contribution in [0.15, 0.2) is 34.9 Å². The van der Waals surface area contributed by atoms with Crippen LogP contribution in [0.1, 0.15) is 22.9 Å². The van der Waals surface area contributed by atoms with Crippen LogP contribution >= 0.6 is 15.9 Å². The van der Waals surface area contributed by atoms with Crippen LogP contribution in [0.2, 0.25) is 0 Å². The molecule has 0 saturated heterocycles. The van der Waals surface area contributed by atoms with Crippen LogP contribution in [-0.4, -0.2) is 19.2 Å². The average molecular weight is 351 g/mol. The van der Waals surface area contributed by atoms with Crippen molar-refractivity contribution in [2.24, 2.45) is 5.73 Å². The highest BCUT2D eigenvalue weighted by Crippen LogP contribution is 2.28. The van der Waals surface area contributed by atoms with E-state index in [9.17, 15) is 0 Å². The molecule has 1 aromatic carbocycles. The molecule has 0 spiro atoms. The Hall–Kier alpha value is -1.59. The van der Waals surface area contributed by atoms with E-state index in [1.54, 1.807) is 20.4 Å². The average Bonchev–Trinajstić information content (AvgIpc) is 2.47. The highest BCUT2D eigenvalue weighted by Gasteiger charge is 2.15. The van der Waals surface area contributed by atoms with Gasteiger partial charge in [-0.15, -0.1) is 0 Å². The molecule has 0 radical (unpaired) electrons. The number of aromatic nitrogens is 1. The van der Waals surface area contributed by atoms with Gasteiger partial charge in [-0.2, -0.15) is 0 Å². The van der Waals surface area contributed by atoms with Crippen LogP contribution in [-0.2, 0) is 6.42 Å². The first-order valence-corrected chi connectivity index (χ1v) is 7.43. The Labute approximate surface area is 133 Å². The first-order chi connectivity index (χ1) is 10.0. The molecule has 112 valence electrons. The number of hydrogen-bond acceptors (Lipinski definition) is 4. The maximum atomic E-state index is 6.31. The van der Waals surface area contributed by atoms with E-state index < -0.39 is 0 Å². The topological polar surface area (TPSA) is 57.4 Å². The Morgan fingerprint density at radius 3 is 2.62 bits per heavy atom. The highest BCUT2D eigenvalue weighted by molar-refractivity contribution is 9.10. The van der Waals surface area contributed by atoms with Gasteiger partial charge in [0.25, 0.3) is 0 Å². The number of nitrogens with two attached hydrogens (primary N) is 1. The fourth-order valence-corrected chi connectivity index (χ4v) is 2.74. The van der Waals surface area contributed by atoms with Gasteiger partial charge in [0.2, 0.25) is 0 Å². The van der Waals surface area contributed by atoms with Crippen LogP contribution in [0, 0.1) is 6.92 Å². The molecule has 0 aliphatic carbocycles. The van der Waals surface area contributed by atoms with E-state index in [0.717, 1.165) is 32.8 Å². The fourth-order valence-electron chi connectivity index (χ4n) is 2.29. The summed E-state index contributed by atoms with van der Waals surface area (Å²) in [5.74, 6) is 1.54. The molecule has 0 amide bonds. The summed E-state index contributed by atoms with van der Waals surface area (Å²) >= 11 is 3.41. The summed E-state index contributed by atoms with van der Waals surface area (Å²) in [5, 5.41) is 0. The number of aryl methyl sites for hydroxylation is 1. The van der Waals surface area contributed by atoms with E-state index in [1.165, 1.54) is 0 Å². The lowest BCUT2D eigenvalue weighted by molar-refractivity contribution is 0.390. The van der Waals surface area contributed by atoms with Crippen LogP contribution in [0.4, 0.5) is 0 Å². The predicted octanol–water partition coefficient (Wildman–Crippen LogP) is 3.41. The Morgan fingerprint density at radius 1 is 1.24 bits per heavy atom. The first-order valence-electron chi connectivity index (χ1n) is 6.63. The quantitative estimate of drug-likeness (QED) is 0.897. The van der Waals surface area contributed by atoms with Crippen molar-refractivity contribution in [3.05, 3.63) is 51.8 Å². The molecule has 1 atom stereocenters. The Bertz CT molecular complexity index is 632. The Morgan fingerprint density at radius 2 is 2.00 bits per heavy atom. The number of nitrogens with zero attached hydrogens (tertiary/aromatic N) is 1. The minimum atomic E-state index is -0.180. The number of halogens is 1. The summed E-state index contributed by atoms with van der Waals surface area (Å²) in [7, 11) is 3.28. The molecule has 0 aliphatic heterocycles. The number of benzene rings is 1. The maximum absolute atomic E-state index is 6.31. The van der Waals surface area contributed by atoms with E-state index in [-0.39, 0.29) is 6.04 Å². The van der Waals surface area contributed by atoms with Crippen molar-refractivity contribution in [2.45, 2.75) is 19.4 Å². The van der Waals surface area contributed by atoms with Gasteiger partial charge >= 0.3 is 0 Å². The third-order valence-electron chi connectivity index (χ3n) is 3.37. The van der Waals surface area contributed by atoms with Gasteiger partial charge in [0.15, 0.2) is 0 Å². The molecule has 1 aromatic heterocycles. The Kier molecular flexibility index (Phi) is 5.20. The summed E-state index contributed by atoms with van der Waals surface area (Å²) in [5.41, 5.74) is 9.32. The van der Waals surface area contributed by atoms with Crippen molar-refractivity contribution in [1.29, 1.82) is 0 Å². The minimum Gasteiger partial charge on any atom is -0.497 e. The molecule has 2 aromatic rings. The molecular weight excluding hydrogens is 332 g/mol. The molecule has 0 saturated carbocycles. The van der Waals surface area contributed by atoms with Crippen molar-refractivity contribution < 1.29 is 9.47 Å². The zero-order valence-corrected chi connectivity index (χ0v) is 14.0. The fraction of sp³-hybridized carbons (Fsp3) is 0.312. The van der Waals surface area contributed by atoms with Crippen LogP contribution in [0.25, 0.3) is 0 Å². The molecule has 2 rings (SSSR count). The SMILES string of the molecule is COc1ccc(CC(N)c2ncc(Br)cc2C)c(OC)c1. The zero-order valence-electron chi connectivity index (χ0n) is 12.4. The Balaban J connectivity index is 2.24. The monoisotopic (exact) mass is 350 g/mol. The second-order valence-electron chi connectivity index (χ2n) is 4.84. The summed E-state index contributed by atoms with van der Waals surface area (Å²) in [6.07, 6.45) is 2.43. The van der Waals surface area contributed by atoms with Crippen molar-refractivity contribution >= 4 is 15.9 Å². The molecule has 2 N–H and O–H groups in total. The number of ether oxygens (including phenoxy) is 2. The van der Waals surface area contributed by atoms with Crippen LogP contribution < -0.4 is 15.2 Å². The second-order valence-corrected chi connectivity index (χ2v) is 5.76. The van der Waals surface area contributed by atoms with Crippen molar-refractivity contribution in [3.8, 4) is 11.5 Å². The number of hydrogen-bond donors (Lipinski definition) is 1. The van der Waals surface area contributed by atoms with E-state index in [0.29, 0.717) is 6.42 Å². The van der Waals surface area contributed by atoms with E-state index in [4.69, 9.17) is 15.2 Å². The van der Waals surface area contributed by atoms with Crippen LogP contribution in [0.5, 0.6) is 11.5 Å². The van der Waals surface area contributed by atoms with E-state index in [2.05, 4.69) is 20.9 Å². The molecule has 0 bridgehead atoms. The van der Waals surface area contributed by atoms with Gasteiger partial charge in [-0.05, 0) is 52.5 Å². The number of pyridine rings is 1. The molecule has 1 heterocycles. The number of methoxy groups -OCH3 is 2. The van der Waals surface area contributed by atoms with Gasteiger partial charge < -0.3 is 15.2 Å². The van der Waals surface area contributed by atoms with Gasteiger partial charge in [0.05, 0.1) is 26.0 Å². The lowest BCUT2D eigenvalue weighted by Crippen LogP contribution is -2.16.